The molecule has 6 heteroatoms. The molecule has 1 unspecified atom stereocenters. The van der Waals surface area contributed by atoms with E-state index in [1.165, 1.54) is 24.3 Å². The van der Waals surface area contributed by atoms with Gasteiger partial charge < -0.3 is 9.84 Å². The Morgan fingerprint density at radius 1 is 1.20 bits per heavy atom. The molecule has 0 heterocycles. The van der Waals surface area contributed by atoms with Gasteiger partial charge in [0.05, 0.1) is 5.56 Å². The number of hydrogen-bond donors (Lipinski definition) is 1. The fraction of sp³-hybridized carbons (Fsp3) is 0.143. The minimum absolute atomic E-state index is 0.0144. The highest BCUT2D eigenvalue weighted by molar-refractivity contribution is 6.30. The number of fused-ring (bicyclic) bond motifs is 1. The fourth-order valence-electron chi connectivity index (χ4n) is 2.19. The fourth-order valence-corrected chi connectivity index (χ4v) is 2.40. The quantitative estimate of drug-likeness (QED) is 0.890. The van der Waals surface area contributed by atoms with Gasteiger partial charge in [0.2, 0.25) is 0 Å². The Bertz CT molecular complexity index is 668. The second kappa shape index (κ2) is 4.40. The van der Waals surface area contributed by atoms with Gasteiger partial charge in [0.15, 0.2) is 0 Å². The highest BCUT2D eigenvalue weighted by Gasteiger charge is 2.55. The first kappa shape index (κ1) is 13.3. The number of aliphatic hydroxyl groups is 1. The van der Waals surface area contributed by atoms with E-state index in [1.807, 2.05) is 0 Å². The summed E-state index contributed by atoms with van der Waals surface area (Å²) in [6.07, 6.45) is -1.84. The molecule has 1 aliphatic carbocycles. The summed E-state index contributed by atoms with van der Waals surface area (Å²) in [6.45, 7) is 0. The van der Waals surface area contributed by atoms with Crippen LogP contribution in [-0.4, -0.2) is 5.11 Å². The van der Waals surface area contributed by atoms with Crippen LogP contribution in [0.3, 0.4) is 0 Å². The van der Waals surface area contributed by atoms with E-state index in [2.05, 4.69) is 0 Å². The molecule has 0 spiro atoms. The third-order valence-electron chi connectivity index (χ3n) is 3.09. The first-order valence-electron chi connectivity index (χ1n) is 5.73. The van der Waals surface area contributed by atoms with Crippen molar-refractivity contribution in [3.63, 3.8) is 0 Å². The Morgan fingerprint density at radius 3 is 2.65 bits per heavy atom. The van der Waals surface area contributed by atoms with Gasteiger partial charge in [-0.25, -0.2) is 4.39 Å². The number of aliphatic hydroxyl groups excluding tert-OH is 1. The maximum absolute atomic E-state index is 13.6. The van der Waals surface area contributed by atoms with Crippen molar-refractivity contribution in [2.75, 3.05) is 0 Å². The summed E-state index contributed by atoms with van der Waals surface area (Å²) in [5.41, 5.74) is -0.275. The van der Waals surface area contributed by atoms with E-state index in [4.69, 9.17) is 16.3 Å². The van der Waals surface area contributed by atoms with Crippen LogP contribution in [0, 0.1) is 5.82 Å². The topological polar surface area (TPSA) is 29.5 Å². The average molecular weight is 301 g/mol. The molecule has 2 aromatic carbocycles. The molecular weight excluding hydrogens is 293 g/mol. The van der Waals surface area contributed by atoms with E-state index in [0.29, 0.717) is 0 Å². The minimum atomic E-state index is -3.37. The molecule has 1 atom stereocenters. The van der Waals surface area contributed by atoms with Gasteiger partial charge in [-0.3, -0.25) is 0 Å². The third kappa shape index (κ3) is 1.94. The number of ether oxygens (including phenoxy) is 1. The Morgan fingerprint density at radius 2 is 1.95 bits per heavy atom. The number of alkyl halides is 2. The summed E-state index contributed by atoms with van der Waals surface area (Å²) < 4.78 is 45.7. The average Bonchev–Trinajstić information content (AvgIpc) is 2.36. The zero-order valence-electron chi connectivity index (χ0n) is 9.91. The Balaban J connectivity index is 2.01. The molecule has 0 saturated carbocycles. The van der Waals surface area contributed by atoms with Crippen LogP contribution >= 0.6 is 11.6 Å². The number of halogens is 4. The molecule has 104 valence electrons. The van der Waals surface area contributed by atoms with Gasteiger partial charge in [-0.05, 0) is 23.8 Å². The summed E-state index contributed by atoms with van der Waals surface area (Å²) >= 11 is 5.67. The maximum atomic E-state index is 13.6. The van der Waals surface area contributed by atoms with Gasteiger partial charge in [0, 0.05) is 11.1 Å². The molecule has 0 amide bonds. The van der Waals surface area contributed by atoms with Crippen molar-refractivity contribution < 1.29 is 23.0 Å². The minimum Gasteiger partial charge on any atom is -0.457 e. The Hall–Kier alpha value is -1.72. The second-order valence-corrected chi connectivity index (χ2v) is 4.89. The van der Waals surface area contributed by atoms with Crippen molar-refractivity contribution in [3.8, 4) is 11.5 Å². The second-order valence-electron chi connectivity index (χ2n) is 4.45. The van der Waals surface area contributed by atoms with Gasteiger partial charge in [0.1, 0.15) is 23.4 Å². The van der Waals surface area contributed by atoms with Gasteiger partial charge >= 0.3 is 5.92 Å². The van der Waals surface area contributed by atoms with Crippen LogP contribution in [0.25, 0.3) is 0 Å². The van der Waals surface area contributed by atoms with Crippen LogP contribution in [0.1, 0.15) is 17.2 Å². The SMILES string of the molecule is OC1c2cccc(Oc3cc(F)cc(Cl)c3)c2C1(F)F. The van der Waals surface area contributed by atoms with Crippen LogP contribution < -0.4 is 4.74 Å². The lowest BCUT2D eigenvalue weighted by molar-refractivity contribution is -0.148. The maximum Gasteiger partial charge on any atom is 0.306 e. The van der Waals surface area contributed by atoms with E-state index >= 15 is 0 Å². The van der Waals surface area contributed by atoms with E-state index in [9.17, 15) is 18.3 Å². The van der Waals surface area contributed by atoms with Crippen LogP contribution in [0.4, 0.5) is 13.2 Å². The van der Waals surface area contributed by atoms with Crippen molar-refractivity contribution in [1.29, 1.82) is 0 Å². The largest absolute Gasteiger partial charge is 0.457 e. The Kier molecular flexibility index (Phi) is 2.92. The highest BCUT2D eigenvalue weighted by Crippen LogP contribution is 2.56. The molecule has 1 aliphatic rings. The van der Waals surface area contributed by atoms with Crippen molar-refractivity contribution in [1.82, 2.24) is 0 Å². The molecule has 3 rings (SSSR count). The Labute approximate surface area is 117 Å². The first-order valence-corrected chi connectivity index (χ1v) is 6.10. The summed E-state index contributed by atoms with van der Waals surface area (Å²) in [4.78, 5) is 0. The van der Waals surface area contributed by atoms with Crippen LogP contribution in [0.15, 0.2) is 36.4 Å². The molecule has 0 aromatic heterocycles. The lowest BCUT2D eigenvalue weighted by Crippen LogP contribution is -2.36. The molecule has 2 aromatic rings. The predicted molar refractivity (Wildman–Crippen MR) is 66.8 cm³/mol. The molecule has 0 saturated heterocycles. The summed E-state index contributed by atoms with van der Waals surface area (Å²) in [5.74, 6) is -4.11. The molecule has 20 heavy (non-hydrogen) atoms. The molecule has 0 fully saturated rings. The third-order valence-corrected chi connectivity index (χ3v) is 3.31. The molecule has 0 radical (unpaired) electrons. The van der Waals surface area contributed by atoms with Crippen LogP contribution in [-0.2, 0) is 5.92 Å². The van der Waals surface area contributed by atoms with Crippen molar-refractivity contribution in [3.05, 3.63) is 58.4 Å². The van der Waals surface area contributed by atoms with E-state index in [-0.39, 0.29) is 27.6 Å². The smallest absolute Gasteiger partial charge is 0.306 e. The number of hydrogen-bond acceptors (Lipinski definition) is 2. The van der Waals surface area contributed by atoms with Crippen molar-refractivity contribution in [2.45, 2.75) is 12.0 Å². The first-order chi connectivity index (χ1) is 9.39. The number of benzene rings is 2. The summed E-state index contributed by atoms with van der Waals surface area (Å²) in [5, 5.41) is 9.42. The zero-order valence-corrected chi connectivity index (χ0v) is 10.7. The standard InChI is InChI=1S/C14H8ClF3O2/c15-7-4-8(16)6-9(5-7)20-11-3-1-2-10-12(11)14(17,18)13(10)19/h1-6,13,19H. The van der Waals surface area contributed by atoms with Crippen LogP contribution in [0.2, 0.25) is 5.02 Å². The molecular formula is C14H8ClF3O2. The normalized spacial score (nSPS) is 19.1. The molecule has 0 bridgehead atoms. The predicted octanol–water partition coefficient (Wildman–Crippen LogP) is 4.41. The van der Waals surface area contributed by atoms with Crippen LogP contribution in [0.5, 0.6) is 11.5 Å². The van der Waals surface area contributed by atoms with Crippen molar-refractivity contribution >= 4 is 11.6 Å². The van der Waals surface area contributed by atoms with E-state index in [1.54, 1.807) is 0 Å². The molecule has 2 nitrogen and oxygen atoms in total. The monoisotopic (exact) mass is 300 g/mol. The van der Waals surface area contributed by atoms with Gasteiger partial charge in [0.25, 0.3) is 0 Å². The van der Waals surface area contributed by atoms with Crippen molar-refractivity contribution in [2.24, 2.45) is 0 Å². The van der Waals surface area contributed by atoms with Gasteiger partial charge in [-0.1, -0.05) is 23.7 Å². The van der Waals surface area contributed by atoms with E-state index < -0.39 is 17.8 Å². The lowest BCUT2D eigenvalue weighted by atomic mass is 9.80. The lowest BCUT2D eigenvalue weighted by Gasteiger charge is -2.36. The summed E-state index contributed by atoms with van der Waals surface area (Å²) in [7, 11) is 0. The highest BCUT2D eigenvalue weighted by atomic mass is 35.5. The number of rotatable bonds is 2. The van der Waals surface area contributed by atoms with E-state index in [0.717, 1.165) is 12.1 Å². The van der Waals surface area contributed by atoms with Gasteiger partial charge in [-0.15, -0.1) is 0 Å². The zero-order chi connectivity index (χ0) is 14.5. The molecule has 0 aliphatic heterocycles. The summed E-state index contributed by atoms with van der Waals surface area (Å²) in [6, 6.07) is 7.64. The van der Waals surface area contributed by atoms with Gasteiger partial charge in [-0.2, -0.15) is 8.78 Å². The molecule has 1 N–H and O–H groups in total.